The molecule has 1 aromatic carbocycles. The number of nitrogens with one attached hydrogen (secondary N) is 2. The molecule has 1 aromatic heterocycles. The summed E-state index contributed by atoms with van der Waals surface area (Å²) in [6.45, 7) is 2.84. The van der Waals surface area contributed by atoms with E-state index in [4.69, 9.17) is 14.2 Å². The summed E-state index contributed by atoms with van der Waals surface area (Å²) >= 11 is 0. The van der Waals surface area contributed by atoms with Crippen molar-refractivity contribution in [3.8, 4) is 17.2 Å². The van der Waals surface area contributed by atoms with E-state index in [1.807, 2.05) is 17.7 Å². The number of urea groups is 1. The molecule has 0 saturated heterocycles. The van der Waals surface area contributed by atoms with E-state index in [0.717, 1.165) is 6.42 Å². The predicted molar refractivity (Wildman–Crippen MR) is 87.6 cm³/mol. The first kappa shape index (κ1) is 16.0. The Hall–Kier alpha value is -2.90. The van der Waals surface area contributed by atoms with Gasteiger partial charge in [0.1, 0.15) is 5.75 Å². The van der Waals surface area contributed by atoms with Gasteiger partial charge in [0.2, 0.25) is 6.79 Å². The Labute approximate surface area is 139 Å². The summed E-state index contributed by atoms with van der Waals surface area (Å²) in [6.07, 6.45) is 6.10. The Bertz CT molecular complexity index is 702. The summed E-state index contributed by atoms with van der Waals surface area (Å²) in [4.78, 5) is 16.3. The van der Waals surface area contributed by atoms with Crippen molar-refractivity contribution in [1.82, 2.24) is 14.9 Å². The van der Waals surface area contributed by atoms with Crippen LogP contribution < -0.4 is 24.8 Å². The molecule has 0 spiro atoms. The molecule has 2 N–H and O–H groups in total. The van der Waals surface area contributed by atoms with Gasteiger partial charge in [0.15, 0.2) is 11.5 Å². The molecule has 0 unspecified atom stereocenters. The van der Waals surface area contributed by atoms with Crippen LogP contribution in [0.25, 0.3) is 0 Å². The van der Waals surface area contributed by atoms with Gasteiger partial charge in [0.05, 0.1) is 19.1 Å². The van der Waals surface area contributed by atoms with Gasteiger partial charge >= 0.3 is 6.03 Å². The van der Waals surface area contributed by atoms with Crippen LogP contribution in [0.1, 0.15) is 13.3 Å². The molecule has 2 amide bonds. The van der Waals surface area contributed by atoms with Gasteiger partial charge in [0.25, 0.3) is 0 Å². The highest BCUT2D eigenvalue weighted by molar-refractivity contribution is 5.91. The topological polar surface area (TPSA) is 86.6 Å². The first-order valence-corrected chi connectivity index (χ1v) is 7.70. The lowest BCUT2D eigenvalue weighted by Crippen LogP contribution is -2.40. The van der Waals surface area contributed by atoms with E-state index in [9.17, 15) is 4.79 Å². The minimum atomic E-state index is -0.306. The molecule has 3 rings (SSSR count). The molecule has 0 radical (unpaired) electrons. The van der Waals surface area contributed by atoms with Gasteiger partial charge in [-0.1, -0.05) is 6.92 Å². The maximum Gasteiger partial charge on any atom is 0.319 e. The number of carbonyl (C=O) groups is 1. The van der Waals surface area contributed by atoms with Crippen molar-refractivity contribution in [2.75, 3.05) is 19.2 Å². The first-order chi connectivity index (χ1) is 11.7. The number of methoxy groups -OCH3 is 1. The molecule has 1 aliphatic rings. The number of imidazole rings is 1. The minimum Gasteiger partial charge on any atom is -0.494 e. The predicted octanol–water partition coefficient (Wildman–Crippen LogP) is 2.22. The van der Waals surface area contributed by atoms with Gasteiger partial charge in [0, 0.05) is 37.1 Å². The van der Waals surface area contributed by atoms with Crippen LogP contribution in [0.3, 0.4) is 0 Å². The highest BCUT2D eigenvalue weighted by Crippen LogP contribution is 2.40. The van der Waals surface area contributed by atoms with Gasteiger partial charge in [-0.15, -0.1) is 0 Å². The Morgan fingerprint density at radius 1 is 1.42 bits per heavy atom. The van der Waals surface area contributed by atoms with Crippen LogP contribution >= 0.6 is 0 Å². The van der Waals surface area contributed by atoms with Crippen LogP contribution in [0.2, 0.25) is 0 Å². The van der Waals surface area contributed by atoms with Gasteiger partial charge in [-0.05, 0) is 6.42 Å². The molecule has 0 fully saturated rings. The number of nitrogens with zero attached hydrogens (tertiary/aromatic N) is 2. The molecule has 0 aliphatic carbocycles. The van der Waals surface area contributed by atoms with Crippen LogP contribution in [0.5, 0.6) is 17.2 Å². The van der Waals surface area contributed by atoms with E-state index in [2.05, 4.69) is 15.6 Å². The van der Waals surface area contributed by atoms with Crippen molar-refractivity contribution in [3.63, 3.8) is 0 Å². The minimum absolute atomic E-state index is 0.0146. The molecule has 8 nitrogen and oxygen atoms in total. The Morgan fingerprint density at radius 3 is 2.88 bits per heavy atom. The Kier molecular flexibility index (Phi) is 4.74. The Balaban J connectivity index is 1.65. The molecule has 0 saturated carbocycles. The van der Waals surface area contributed by atoms with Crippen LogP contribution in [0.15, 0.2) is 30.9 Å². The van der Waals surface area contributed by atoms with Gasteiger partial charge in [-0.3, -0.25) is 0 Å². The van der Waals surface area contributed by atoms with Crippen molar-refractivity contribution in [2.24, 2.45) is 0 Å². The normalized spacial score (nSPS) is 13.4. The van der Waals surface area contributed by atoms with Gasteiger partial charge in [-0.25, -0.2) is 9.78 Å². The highest BCUT2D eigenvalue weighted by atomic mass is 16.7. The van der Waals surface area contributed by atoms with Gasteiger partial charge < -0.3 is 29.4 Å². The molecular formula is C16H20N4O4. The number of ether oxygens (including phenoxy) is 3. The zero-order valence-corrected chi connectivity index (χ0v) is 13.6. The fraction of sp³-hybridized carbons (Fsp3) is 0.375. The smallest absolute Gasteiger partial charge is 0.319 e. The summed E-state index contributed by atoms with van der Waals surface area (Å²) < 4.78 is 17.9. The highest BCUT2D eigenvalue weighted by Gasteiger charge is 2.19. The van der Waals surface area contributed by atoms with Crippen molar-refractivity contribution in [2.45, 2.75) is 25.9 Å². The quantitative estimate of drug-likeness (QED) is 0.847. The molecule has 8 heteroatoms. The summed E-state index contributed by atoms with van der Waals surface area (Å²) in [5.74, 6) is 1.69. The fourth-order valence-corrected chi connectivity index (χ4v) is 2.46. The lowest BCUT2D eigenvalue weighted by molar-refractivity contribution is 0.174. The van der Waals surface area contributed by atoms with Crippen LogP contribution in [-0.4, -0.2) is 35.5 Å². The van der Waals surface area contributed by atoms with Crippen LogP contribution in [0, 0.1) is 0 Å². The summed E-state index contributed by atoms with van der Waals surface area (Å²) in [6, 6.07) is 3.07. The number of anilines is 1. The second-order valence-corrected chi connectivity index (χ2v) is 5.37. The maximum absolute atomic E-state index is 12.3. The zero-order valence-electron chi connectivity index (χ0n) is 13.6. The number of fused-ring (bicyclic) bond motifs is 1. The van der Waals surface area contributed by atoms with Gasteiger partial charge in [-0.2, -0.15) is 0 Å². The lowest BCUT2D eigenvalue weighted by atomic mass is 10.2. The SMILES string of the molecule is CC[C@@H](Cn1ccnc1)NC(=O)Nc1cc2c(cc1OC)OCO2. The number of hydrogen-bond donors (Lipinski definition) is 2. The van der Waals surface area contributed by atoms with Crippen molar-refractivity contribution in [1.29, 1.82) is 0 Å². The fourth-order valence-electron chi connectivity index (χ4n) is 2.46. The van der Waals surface area contributed by atoms with Crippen molar-refractivity contribution < 1.29 is 19.0 Å². The standard InChI is InChI=1S/C16H20N4O4/c1-3-11(8-20-5-4-17-9-20)18-16(21)19-12-6-14-15(24-10-23-14)7-13(12)22-2/h4-7,9,11H,3,8,10H2,1-2H3,(H2,18,19,21)/t11-/m0/s1. The molecule has 1 aliphatic heterocycles. The zero-order chi connectivity index (χ0) is 16.9. The summed E-state index contributed by atoms with van der Waals surface area (Å²) in [7, 11) is 1.54. The second kappa shape index (κ2) is 7.12. The summed E-state index contributed by atoms with van der Waals surface area (Å²) in [5, 5.41) is 5.75. The number of benzene rings is 1. The molecule has 2 aromatic rings. The van der Waals surface area contributed by atoms with E-state index in [1.54, 1.807) is 24.7 Å². The number of aromatic nitrogens is 2. The lowest BCUT2D eigenvalue weighted by Gasteiger charge is -2.18. The molecule has 1 atom stereocenters. The number of amides is 2. The van der Waals surface area contributed by atoms with E-state index in [1.165, 1.54) is 7.11 Å². The van der Waals surface area contributed by atoms with E-state index in [0.29, 0.717) is 29.5 Å². The molecule has 128 valence electrons. The average molecular weight is 332 g/mol. The maximum atomic E-state index is 12.3. The van der Waals surface area contributed by atoms with E-state index >= 15 is 0 Å². The second-order valence-electron chi connectivity index (χ2n) is 5.37. The molecule has 24 heavy (non-hydrogen) atoms. The Morgan fingerprint density at radius 2 is 2.21 bits per heavy atom. The van der Waals surface area contributed by atoms with Crippen molar-refractivity contribution in [3.05, 3.63) is 30.9 Å². The molecule has 0 bridgehead atoms. The van der Waals surface area contributed by atoms with E-state index < -0.39 is 0 Å². The van der Waals surface area contributed by atoms with E-state index in [-0.39, 0.29) is 18.9 Å². The molecule has 2 heterocycles. The third-order valence-corrected chi connectivity index (χ3v) is 3.76. The van der Waals surface area contributed by atoms with Crippen LogP contribution in [-0.2, 0) is 6.54 Å². The van der Waals surface area contributed by atoms with Crippen LogP contribution in [0.4, 0.5) is 10.5 Å². The molecular weight excluding hydrogens is 312 g/mol. The number of rotatable bonds is 6. The third-order valence-electron chi connectivity index (χ3n) is 3.76. The monoisotopic (exact) mass is 332 g/mol. The number of carbonyl (C=O) groups excluding carboxylic acids is 1. The number of hydrogen-bond acceptors (Lipinski definition) is 5. The first-order valence-electron chi connectivity index (χ1n) is 7.70. The van der Waals surface area contributed by atoms with Crippen molar-refractivity contribution >= 4 is 11.7 Å². The average Bonchev–Trinajstić information content (AvgIpc) is 3.24. The summed E-state index contributed by atoms with van der Waals surface area (Å²) in [5.41, 5.74) is 0.525. The third kappa shape index (κ3) is 3.53. The largest absolute Gasteiger partial charge is 0.494 e.